The number of hydrogen-bond acceptors (Lipinski definition) is 3. The van der Waals surface area contributed by atoms with E-state index in [0.29, 0.717) is 22.9 Å². The summed E-state index contributed by atoms with van der Waals surface area (Å²) in [4.78, 5) is 23.8. The zero-order valence-corrected chi connectivity index (χ0v) is 14.0. The Morgan fingerprint density at radius 3 is 1.93 bits per heavy atom. The Balaban J connectivity index is 1.88. The van der Waals surface area contributed by atoms with Crippen molar-refractivity contribution < 1.29 is 32.4 Å². The third-order valence-electron chi connectivity index (χ3n) is 3.95. The van der Waals surface area contributed by atoms with E-state index in [-0.39, 0.29) is 16.8 Å². The molecule has 3 aromatic rings. The molecule has 0 fully saturated rings. The molecule has 9 heteroatoms. The Bertz CT molecular complexity index is 1080. The number of hydrogen-bond donors (Lipinski definition) is 3. The molecule has 0 spiro atoms. The molecule has 0 unspecified atom stereocenters. The fourth-order valence-corrected chi connectivity index (χ4v) is 2.62. The summed E-state index contributed by atoms with van der Waals surface area (Å²) in [5.74, 6) is -2.55. The van der Waals surface area contributed by atoms with E-state index in [1.54, 1.807) is 6.07 Å². The number of halogens is 4. The van der Waals surface area contributed by atoms with Gasteiger partial charge in [0, 0.05) is 16.8 Å². The van der Waals surface area contributed by atoms with Gasteiger partial charge >= 0.3 is 6.18 Å². The molecule has 0 radical (unpaired) electrons. The maximum absolute atomic E-state index is 13.4. The van der Waals surface area contributed by atoms with Gasteiger partial charge < -0.3 is 5.32 Å². The molecular formula is C19H12F4N2O3. The SMILES string of the molecule is O=C(NO)c1ccc2cc(C(=O)Nc3cc(F)cc(C(F)(F)F)c3)ccc2c1. The van der Waals surface area contributed by atoms with Crippen molar-refractivity contribution in [2.45, 2.75) is 6.18 Å². The summed E-state index contributed by atoms with van der Waals surface area (Å²) in [6.45, 7) is 0. The van der Waals surface area contributed by atoms with E-state index in [1.807, 2.05) is 0 Å². The molecule has 3 N–H and O–H groups in total. The van der Waals surface area contributed by atoms with Crippen molar-refractivity contribution in [2.75, 3.05) is 5.32 Å². The van der Waals surface area contributed by atoms with E-state index < -0.39 is 29.4 Å². The number of anilines is 1. The van der Waals surface area contributed by atoms with Gasteiger partial charge in [0.2, 0.25) is 0 Å². The predicted molar refractivity (Wildman–Crippen MR) is 92.6 cm³/mol. The number of hydroxylamine groups is 1. The number of nitrogens with one attached hydrogen (secondary N) is 2. The first kappa shape index (κ1) is 19.3. The quantitative estimate of drug-likeness (QED) is 0.352. The first-order valence-corrected chi connectivity index (χ1v) is 7.85. The molecule has 144 valence electrons. The molecule has 5 nitrogen and oxygen atoms in total. The summed E-state index contributed by atoms with van der Waals surface area (Å²) < 4.78 is 51.8. The summed E-state index contributed by atoms with van der Waals surface area (Å²) in [5.41, 5.74) is 0.300. The molecule has 2 amide bonds. The van der Waals surface area contributed by atoms with Crippen LogP contribution in [0.15, 0.2) is 54.6 Å². The Kier molecular flexibility index (Phi) is 5.02. The van der Waals surface area contributed by atoms with Crippen LogP contribution in [0.1, 0.15) is 26.3 Å². The fraction of sp³-hybridized carbons (Fsp3) is 0.0526. The van der Waals surface area contributed by atoms with Gasteiger partial charge in [0.15, 0.2) is 0 Å². The maximum Gasteiger partial charge on any atom is 0.416 e. The van der Waals surface area contributed by atoms with Gasteiger partial charge in [-0.3, -0.25) is 14.8 Å². The van der Waals surface area contributed by atoms with Crippen LogP contribution in [0.25, 0.3) is 10.8 Å². The minimum atomic E-state index is -4.75. The van der Waals surface area contributed by atoms with Crippen LogP contribution >= 0.6 is 0 Å². The highest BCUT2D eigenvalue weighted by atomic mass is 19.4. The monoisotopic (exact) mass is 392 g/mol. The lowest BCUT2D eigenvalue weighted by Gasteiger charge is -2.11. The lowest BCUT2D eigenvalue weighted by Crippen LogP contribution is -2.18. The Hall–Kier alpha value is -3.46. The van der Waals surface area contributed by atoms with Crippen LogP contribution in [-0.4, -0.2) is 17.0 Å². The van der Waals surface area contributed by atoms with Crippen molar-refractivity contribution in [1.82, 2.24) is 5.48 Å². The molecule has 0 saturated heterocycles. The Labute approximate surface area is 155 Å². The number of benzene rings is 3. The number of rotatable bonds is 3. The molecule has 0 aliphatic heterocycles. The van der Waals surface area contributed by atoms with Crippen LogP contribution in [0.4, 0.5) is 23.2 Å². The van der Waals surface area contributed by atoms with Crippen LogP contribution < -0.4 is 10.8 Å². The number of carbonyl (C=O) groups is 2. The van der Waals surface area contributed by atoms with Crippen LogP contribution in [0.5, 0.6) is 0 Å². The summed E-state index contributed by atoms with van der Waals surface area (Å²) in [6, 6.07) is 10.6. The van der Waals surface area contributed by atoms with Gasteiger partial charge in [-0.05, 0) is 53.2 Å². The lowest BCUT2D eigenvalue weighted by molar-refractivity contribution is -0.137. The second-order valence-electron chi connectivity index (χ2n) is 5.90. The van der Waals surface area contributed by atoms with Gasteiger partial charge in [-0.25, -0.2) is 9.87 Å². The molecule has 0 aliphatic carbocycles. The number of alkyl halides is 3. The van der Waals surface area contributed by atoms with Crippen molar-refractivity contribution in [1.29, 1.82) is 0 Å². The molecule has 28 heavy (non-hydrogen) atoms. The van der Waals surface area contributed by atoms with Crippen molar-refractivity contribution in [2.24, 2.45) is 0 Å². The van der Waals surface area contributed by atoms with E-state index >= 15 is 0 Å². The molecule has 0 heterocycles. The first-order valence-electron chi connectivity index (χ1n) is 7.85. The van der Waals surface area contributed by atoms with Crippen LogP contribution in [-0.2, 0) is 6.18 Å². The Morgan fingerprint density at radius 1 is 0.821 bits per heavy atom. The zero-order chi connectivity index (χ0) is 20.5. The van der Waals surface area contributed by atoms with E-state index in [9.17, 15) is 27.2 Å². The summed E-state index contributed by atoms with van der Waals surface area (Å²) >= 11 is 0. The van der Waals surface area contributed by atoms with Gasteiger partial charge in [0.1, 0.15) is 5.82 Å². The lowest BCUT2D eigenvalue weighted by atomic mass is 10.0. The standard InChI is InChI=1S/C19H12F4N2O3/c20-15-7-14(19(21,22)23)8-16(9-15)24-17(26)12-3-1-11-6-13(18(27)25-28)4-2-10(11)5-12/h1-9,28H,(H,24,26)(H,25,27). The summed E-state index contributed by atoms with van der Waals surface area (Å²) in [6.07, 6.45) is -4.75. The molecule has 0 aliphatic rings. The van der Waals surface area contributed by atoms with Gasteiger partial charge in [-0.15, -0.1) is 0 Å². The molecule has 0 saturated carbocycles. The average Bonchev–Trinajstić information content (AvgIpc) is 2.65. The van der Waals surface area contributed by atoms with E-state index in [0.717, 1.165) is 6.07 Å². The van der Waals surface area contributed by atoms with Crippen molar-refractivity contribution in [3.05, 3.63) is 77.1 Å². The van der Waals surface area contributed by atoms with Gasteiger partial charge in [0.05, 0.1) is 5.56 Å². The maximum atomic E-state index is 13.4. The highest BCUT2D eigenvalue weighted by molar-refractivity contribution is 6.07. The Morgan fingerprint density at radius 2 is 1.39 bits per heavy atom. The largest absolute Gasteiger partial charge is 0.416 e. The zero-order valence-electron chi connectivity index (χ0n) is 14.0. The van der Waals surface area contributed by atoms with Crippen molar-refractivity contribution >= 4 is 28.3 Å². The average molecular weight is 392 g/mol. The van der Waals surface area contributed by atoms with Crippen molar-refractivity contribution in [3.63, 3.8) is 0 Å². The number of fused-ring (bicyclic) bond motifs is 1. The van der Waals surface area contributed by atoms with Gasteiger partial charge in [-0.1, -0.05) is 12.1 Å². The number of carbonyl (C=O) groups excluding carboxylic acids is 2. The topological polar surface area (TPSA) is 78.4 Å². The molecule has 0 atom stereocenters. The van der Waals surface area contributed by atoms with Gasteiger partial charge in [0.25, 0.3) is 11.8 Å². The third-order valence-corrected chi connectivity index (χ3v) is 3.95. The molecule has 0 aromatic heterocycles. The van der Waals surface area contributed by atoms with Crippen molar-refractivity contribution in [3.8, 4) is 0 Å². The number of amides is 2. The highest BCUT2D eigenvalue weighted by Gasteiger charge is 2.31. The molecule has 3 aromatic carbocycles. The van der Waals surface area contributed by atoms with Crippen LogP contribution in [0, 0.1) is 5.82 Å². The normalized spacial score (nSPS) is 11.3. The third kappa shape index (κ3) is 4.09. The van der Waals surface area contributed by atoms with E-state index in [4.69, 9.17) is 5.21 Å². The summed E-state index contributed by atoms with van der Waals surface area (Å²) in [7, 11) is 0. The summed E-state index contributed by atoms with van der Waals surface area (Å²) in [5, 5.41) is 12.1. The van der Waals surface area contributed by atoms with Gasteiger partial charge in [-0.2, -0.15) is 13.2 Å². The second-order valence-corrected chi connectivity index (χ2v) is 5.90. The highest BCUT2D eigenvalue weighted by Crippen LogP contribution is 2.31. The predicted octanol–water partition coefficient (Wildman–Crippen LogP) is 4.37. The minimum absolute atomic E-state index is 0.129. The van der Waals surface area contributed by atoms with Crippen LogP contribution in [0.2, 0.25) is 0 Å². The fourth-order valence-electron chi connectivity index (χ4n) is 2.62. The molecule has 0 bridgehead atoms. The minimum Gasteiger partial charge on any atom is -0.322 e. The van der Waals surface area contributed by atoms with E-state index in [2.05, 4.69) is 5.32 Å². The van der Waals surface area contributed by atoms with Crippen LogP contribution in [0.3, 0.4) is 0 Å². The molecule has 3 rings (SSSR count). The second kappa shape index (κ2) is 7.28. The first-order chi connectivity index (χ1) is 13.2. The smallest absolute Gasteiger partial charge is 0.322 e. The van der Waals surface area contributed by atoms with E-state index in [1.165, 1.54) is 35.8 Å². The molecular weight excluding hydrogens is 380 g/mol.